The van der Waals surface area contributed by atoms with Crippen molar-refractivity contribution in [2.45, 2.75) is 13.0 Å². The number of halogens is 1. The van der Waals surface area contributed by atoms with Crippen LogP contribution in [0.1, 0.15) is 31.8 Å². The Morgan fingerprint density at radius 1 is 1.09 bits per heavy atom. The zero-order valence-corrected chi connectivity index (χ0v) is 18.0. The number of anilines is 1. The molecule has 1 unspecified atom stereocenters. The summed E-state index contributed by atoms with van der Waals surface area (Å²) in [5.74, 6) is -1.38. The predicted octanol–water partition coefficient (Wildman–Crippen LogP) is 3.67. The second-order valence-corrected chi connectivity index (χ2v) is 7.82. The minimum atomic E-state index is -0.868. The minimum absolute atomic E-state index is 0.252. The fraction of sp³-hybridized carbons (Fsp3) is 0.167. The number of carbonyl (C=O) groups excluding carboxylic acids is 3. The number of ether oxygens (including phenoxy) is 1. The molecule has 2 N–H and O–H groups in total. The van der Waals surface area contributed by atoms with Crippen molar-refractivity contribution in [3.63, 3.8) is 0 Å². The highest BCUT2D eigenvalue weighted by molar-refractivity contribution is 6.30. The number of hydrogen-bond acceptors (Lipinski definition) is 5. The molecule has 7 nitrogen and oxygen atoms in total. The maximum Gasteiger partial charge on any atom is 0.251 e. The van der Waals surface area contributed by atoms with Gasteiger partial charge in [-0.3, -0.25) is 14.4 Å². The van der Waals surface area contributed by atoms with Crippen LogP contribution in [0.5, 0.6) is 5.88 Å². The second kappa shape index (κ2) is 9.20. The normalized spacial score (nSPS) is 15.0. The van der Waals surface area contributed by atoms with Gasteiger partial charge in [-0.2, -0.15) is 0 Å². The van der Waals surface area contributed by atoms with Crippen molar-refractivity contribution in [2.24, 2.45) is 5.92 Å². The largest absolute Gasteiger partial charge is 0.481 e. The molecule has 1 aliphatic rings. The summed E-state index contributed by atoms with van der Waals surface area (Å²) in [6.07, 6.45) is 1.87. The van der Waals surface area contributed by atoms with Crippen molar-refractivity contribution in [3.05, 3.63) is 88.1 Å². The fourth-order valence-corrected chi connectivity index (χ4v) is 3.61. The topological polar surface area (TPSA) is 97.4 Å². The fourth-order valence-electron chi connectivity index (χ4n) is 3.49. The summed E-state index contributed by atoms with van der Waals surface area (Å²) >= 11 is 5.91. The molecule has 2 heterocycles. The van der Waals surface area contributed by atoms with Crippen LogP contribution in [0.15, 0.2) is 60.8 Å². The van der Waals surface area contributed by atoms with Crippen molar-refractivity contribution in [2.75, 3.05) is 12.4 Å². The van der Waals surface area contributed by atoms with Crippen LogP contribution in [-0.2, 0) is 17.8 Å². The van der Waals surface area contributed by atoms with Crippen LogP contribution in [0.3, 0.4) is 0 Å². The molecular formula is C24H20ClN3O4. The van der Waals surface area contributed by atoms with E-state index in [9.17, 15) is 14.4 Å². The molecule has 8 heteroatoms. The third-order valence-corrected chi connectivity index (χ3v) is 5.50. The van der Waals surface area contributed by atoms with Crippen LogP contribution < -0.4 is 15.4 Å². The molecule has 32 heavy (non-hydrogen) atoms. The van der Waals surface area contributed by atoms with Gasteiger partial charge in [-0.15, -0.1) is 0 Å². The zero-order valence-electron chi connectivity index (χ0n) is 17.2. The number of methoxy groups -OCH3 is 1. The molecule has 1 aliphatic heterocycles. The smallest absolute Gasteiger partial charge is 0.251 e. The summed E-state index contributed by atoms with van der Waals surface area (Å²) in [5.41, 5.74) is 2.70. The lowest BCUT2D eigenvalue weighted by Crippen LogP contribution is -2.37. The minimum Gasteiger partial charge on any atom is -0.481 e. The maximum absolute atomic E-state index is 13.1. The highest BCUT2D eigenvalue weighted by Crippen LogP contribution is 2.29. The van der Waals surface area contributed by atoms with Crippen molar-refractivity contribution >= 4 is 34.9 Å². The van der Waals surface area contributed by atoms with E-state index in [1.165, 1.54) is 13.2 Å². The lowest BCUT2D eigenvalue weighted by molar-refractivity contribution is -0.118. The standard InChI is InChI=1S/C24H20ClN3O4/c1-32-21-9-4-15(12-26-21)13-27-23(30)16-5-8-20-18(11-16)22(29)19(24(31)28-20)10-14-2-6-17(25)7-3-14/h2-9,11-12,19H,10,13H2,1H3,(H,27,30)(H,28,31). The van der Waals surface area contributed by atoms with Crippen molar-refractivity contribution in [1.29, 1.82) is 0 Å². The van der Waals surface area contributed by atoms with Gasteiger partial charge in [-0.05, 0) is 47.9 Å². The number of benzene rings is 2. The Labute approximate surface area is 189 Å². The summed E-state index contributed by atoms with van der Waals surface area (Å²) in [6.45, 7) is 0.275. The number of amides is 2. The van der Waals surface area contributed by atoms with E-state index < -0.39 is 5.92 Å². The lowest BCUT2D eigenvalue weighted by atomic mass is 9.86. The first-order valence-corrected chi connectivity index (χ1v) is 10.3. The summed E-state index contributed by atoms with van der Waals surface area (Å²) in [4.78, 5) is 42.3. The average Bonchev–Trinajstić information content (AvgIpc) is 2.81. The second-order valence-electron chi connectivity index (χ2n) is 7.39. The van der Waals surface area contributed by atoms with Crippen molar-refractivity contribution < 1.29 is 19.1 Å². The summed E-state index contributed by atoms with van der Waals surface area (Å²) in [6, 6.07) is 15.2. The Kier molecular flexibility index (Phi) is 6.18. The average molecular weight is 450 g/mol. The summed E-state index contributed by atoms with van der Waals surface area (Å²) in [7, 11) is 1.53. The molecule has 4 rings (SSSR count). The number of carbonyl (C=O) groups is 3. The maximum atomic E-state index is 13.1. The van der Waals surface area contributed by atoms with Gasteiger partial charge < -0.3 is 15.4 Å². The van der Waals surface area contributed by atoms with E-state index in [1.807, 2.05) is 0 Å². The Bertz CT molecular complexity index is 1180. The Morgan fingerprint density at radius 2 is 1.84 bits per heavy atom. The molecule has 0 saturated carbocycles. The van der Waals surface area contributed by atoms with E-state index >= 15 is 0 Å². The first kappa shape index (κ1) is 21.5. The third kappa shape index (κ3) is 4.63. The highest BCUT2D eigenvalue weighted by atomic mass is 35.5. The molecule has 0 saturated heterocycles. The number of Topliss-reactive ketones (excluding diaryl/α,β-unsaturated/α-hetero) is 1. The first-order chi connectivity index (χ1) is 15.4. The van der Waals surface area contributed by atoms with Crippen LogP contribution in [-0.4, -0.2) is 29.7 Å². The number of fused-ring (bicyclic) bond motifs is 1. The van der Waals surface area contributed by atoms with Gasteiger partial charge in [0.1, 0.15) is 5.92 Å². The van der Waals surface area contributed by atoms with Crippen LogP contribution >= 0.6 is 11.6 Å². The van der Waals surface area contributed by atoms with Crippen LogP contribution in [0.4, 0.5) is 5.69 Å². The third-order valence-electron chi connectivity index (χ3n) is 5.25. The SMILES string of the molecule is COc1ccc(CNC(=O)c2ccc3c(c2)C(=O)C(Cc2ccc(Cl)cc2)C(=O)N3)cn1. The zero-order chi connectivity index (χ0) is 22.7. The molecule has 3 aromatic rings. The molecule has 0 radical (unpaired) electrons. The van der Waals surface area contributed by atoms with Crippen LogP contribution in [0.25, 0.3) is 0 Å². The van der Waals surface area contributed by atoms with E-state index in [4.69, 9.17) is 16.3 Å². The van der Waals surface area contributed by atoms with E-state index in [0.29, 0.717) is 27.7 Å². The van der Waals surface area contributed by atoms with E-state index in [1.54, 1.807) is 54.7 Å². The van der Waals surface area contributed by atoms with Crippen molar-refractivity contribution in [3.8, 4) is 5.88 Å². The van der Waals surface area contributed by atoms with Crippen LogP contribution in [0, 0.1) is 5.92 Å². The van der Waals surface area contributed by atoms with Gasteiger partial charge in [0.05, 0.1) is 12.8 Å². The molecule has 2 aromatic carbocycles. The molecular weight excluding hydrogens is 430 g/mol. The van der Waals surface area contributed by atoms with Gasteiger partial charge in [0, 0.05) is 35.0 Å². The number of pyridine rings is 1. The molecule has 0 fully saturated rings. The van der Waals surface area contributed by atoms with Gasteiger partial charge >= 0.3 is 0 Å². The van der Waals surface area contributed by atoms with Gasteiger partial charge in [0.25, 0.3) is 5.91 Å². The van der Waals surface area contributed by atoms with E-state index in [-0.39, 0.29) is 30.6 Å². The first-order valence-electron chi connectivity index (χ1n) is 9.95. The quantitative estimate of drug-likeness (QED) is 0.559. The van der Waals surface area contributed by atoms with E-state index in [0.717, 1.165) is 11.1 Å². The number of nitrogens with zero attached hydrogens (tertiary/aromatic N) is 1. The lowest BCUT2D eigenvalue weighted by Gasteiger charge is -2.24. The number of rotatable bonds is 6. The number of ketones is 1. The molecule has 0 spiro atoms. The Balaban J connectivity index is 1.48. The van der Waals surface area contributed by atoms with Gasteiger partial charge in [0.2, 0.25) is 11.8 Å². The monoisotopic (exact) mass is 449 g/mol. The Hall–Kier alpha value is -3.71. The van der Waals surface area contributed by atoms with Gasteiger partial charge in [-0.25, -0.2) is 4.98 Å². The molecule has 0 aliphatic carbocycles. The molecule has 162 valence electrons. The number of aromatic nitrogens is 1. The summed E-state index contributed by atoms with van der Waals surface area (Å²) in [5, 5.41) is 6.16. The van der Waals surface area contributed by atoms with E-state index in [2.05, 4.69) is 15.6 Å². The molecule has 2 amide bonds. The molecule has 1 aromatic heterocycles. The molecule has 1 atom stereocenters. The number of nitrogens with one attached hydrogen (secondary N) is 2. The number of hydrogen-bond donors (Lipinski definition) is 2. The molecule has 0 bridgehead atoms. The highest BCUT2D eigenvalue weighted by Gasteiger charge is 2.34. The summed E-state index contributed by atoms with van der Waals surface area (Å²) < 4.78 is 5.02. The van der Waals surface area contributed by atoms with Crippen molar-refractivity contribution in [1.82, 2.24) is 10.3 Å². The van der Waals surface area contributed by atoms with Gasteiger partial charge in [-0.1, -0.05) is 29.8 Å². The predicted molar refractivity (Wildman–Crippen MR) is 120 cm³/mol. The van der Waals surface area contributed by atoms with Gasteiger partial charge in [0.15, 0.2) is 5.78 Å². The Morgan fingerprint density at radius 3 is 2.53 bits per heavy atom. The van der Waals surface area contributed by atoms with Crippen LogP contribution in [0.2, 0.25) is 5.02 Å².